The summed E-state index contributed by atoms with van der Waals surface area (Å²) in [6, 6.07) is 15.1. The fourth-order valence-corrected chi connectivity index (χ4v) is 6.75. The number of nitrogens with one attached hydrogen (secondary N) is 4. The average molecular weight is 741 g/mol. The Morgan fingerprint density at radius 3 is 1.69 bits per heavy atom. The number of hydrogen-bond acceptors (Lipinski definition) is 8. The van der Waals surface area contributed by atoms with Crippen molar-refractivity contribution in [3.63, 3.8) is 0 Å². The van der Waals surface area contributed by atoms with Crippen LogP contribution in [0, 0.1) is 19.8 Å². The standard InChI is InChI=1S/C20H20N4O2.C16H13FN4O.C4H8O.Na.H/c1-11-20(26-12-4-2-5-12)24-18-13(6-3-7-16(18)22-11)17-10-14-15(23-17)8-9-21-19(14)25;1-8-15(17)21-14-9(3-2-4-12(14)19-8)13-7-10-11(20-13)5-6-18-16(10)22;5-4-2-1-3-4;;/h3,6-7,10,12,23H,2,4-5,8-9H2,1H3,(H,21,25);2-4,7,20H,5-6H2,1H3,(H,18,22);4-5H,1-3H2;;/q;;;+1;-1. The molecule has 0 saturated heterocycles. The Morgan fingerprint density at radius 2 is 1.22 bits per heavy atom. The molecule has 274 valence electrons. The Labute approximate surface area is 334 Å². The minimum atomic E-state index is -0.575. The predicted molar refractivity (Wildman–Crippen MR) is 199 cm³/mol. The Kier molecular flexibility index (Phi) is 11.1. The number of aliphatic hydroxyl groups is 1. The first-order valence-electron chi connectivity index (χ1n) is 18.3. The number of carbonyl (C=O) groups is 2. The number of ether oxygens (including phenoxy) is 1. The minimum absolute atomic E-state index is 0. The van der Waals surface area contributed by atoms with E-state index >= 15 is 0 Å². The maximum Gasteiger partial charge on any atom is 1.00 e. The van der Waals surface area contributed by atoms with E-state index in [2.05, 4.69) is 35.6 Å². The van der Waals surface area contributed by atoms with Crippen LogP contribution in [0.15, 0.2) is 48.5 Å². The molecule has 4 aliphatic rings. The number of H-pyrrole nitrogens is 2. The van der Waals surface area contributed by atoms with Gasteiger partial charge in [0, 0.05) is 59.8 Å². The van der Waals surface area contributed by atoms with Crippen LogP contribution in [0.5, 0.6) is 5.88 Å². The van der Waals surface area contributed by atoms with E-state index in [1.165, 1.54) is 12.8 Å². The van der Waals surface area contributed by atoms with Crippen LogP contribution in [0.4, 0.5) is 4.39 Å². The smallest absolute Gasteiger partial charge is 1.00 e. The van der Waals surface area contributed by atoms with E-state index in [1.807, 2.05) is 43.3 Å². The van der Waals surface area contributed by atoms with Crippen molar-refractivity contribution < 1.29 is 54.8 Å². The largest absolute Gasteiger partial charge is 1.00 e. The van der Waals surface area contributed by atoms with Gasteiger partial charge in [0.1, 0.15) is 22.8 Å². The Balaban J connectivity index is 0.000000162. The zero-order valence-corrected chi connectivity index (χ0v) is 32.7. The zero-order chi connectivity index (χ0) is 36.6. The summed E-state index contributed by atoms with van der Waals surface area (Å²) in [5, 5.41) is 14.1. The maximum atomic E-state index is 13.8. The van der Waals surface area contributed by atoms with Crippen LogP contribution in [0.25, 0.3) is 44.6 Å². The van der Waals surface area contributed by atoms with Crippen molar-refractivity contribution in [1.82, 2.24) is 40.5 Å². The average Bonchev–Trinajstić information content (AvgIpc) is 3.76. The summed E-state index contributed by atoms with van der Waals surface area (Å²) < 4.78 is 19.8. The molecule has 14 heteroatoms. The molecule has 10 rings (SSSR count). The Bertz CT molecular complexity index is 2380. The molecule has 2 fully saturated rings. The van der Waals surface area contributed by atoms with E-state index in [0.29, 0.717) is 41.1 Å². The molecule has 0 unspecified atom stereocenters. The first-order chi connectivity index (χ1) is 25.7. The van der Waals surface area contributed by atoms with E-state index in [0.717, 1.165) is 89.2 Å². The topological polar surface area (TPSA) is 171 Å². The first-order valence-corrected chi connectivity index (χ1v) is 18.3. The van der Waals surface area contributed by atoms with Gasteiger partial charge in [0.05, 0.1) is 34.0 Å². The van der Waals surface area contributed by atoms with Crippen LogP contribution in [-0.4, -0.2) is 72.1 Å². The Morgan fingerprint density at radius 1 is 0.722 bits per heavy atom. The fraction of sp³-hybridized carbons (Fsp3) is 0.350. The fourth-order valence-electron chi connectivity index (χ4n) is 6.75. The molecule has 54 heavy (non-hydrogen) atoms. The van der Waals surface area contributed by atoms with Crippen molar-refractivity contribution in [1.29, 1.82) is 0 Å². The molecule has 2 aliphatic heterocycles. The second-order valence-corrected chi connectivity index (χ2v) is 14.0. The van der Waals surface area contributed by atoms with Gasteiger partial charge in [0.25, 0.3) is 11.8 Å². The van der Waals surface area contributed by atoms with Crippen molar-refractivity contribution in [2.75, 3.05) is 13.1 Å². The van der Waals surface area contributed by atoms with Crippen LogP contribution < -0.4 is 44.9 Å². The molecule has 2 aliphatic carbocycles. The minimum Gasteiger partial charge on any atom is -1.00 e. The number of carbonyl (C=O) groups excluding carboxylic acids is 2. The molecule has 4 aromatic heterocycles. The second-order valence-electron chi connectivity index (χ2n) is 14.0. The quantitative estimate of drug-likeness (QED) is 0.172. The monoisotopic (exact) mass is 740 g/mol. The third-order valence-corrected chi connectivity index (χ3v) is 10.2. The number of hydrogen-bond donors (Lipinski definition) is 5. The first kappa shape index (κ1) is 37.6. The van der Waals surface area contributed by atoms with Crippen molar-refractivity contribution in [3.05, 3.63) is 88.4 Å². The van der Waals surface area contributed by atoms with Crippen molar-refractivity contribution in [3.8, 4) is 28.4 Å². The molecule has 6 heterocycles. The van der Waals surface area contributed by atoms with Gasteiger partial charge in [0.2, 0.25) is 11.8 Å². The van der Waals surface area contributed by atoms with Crippen molar-refractivity contribution >= 4 is 33.9 Å². The summed E-state index contributed by atoms with van der Waals surface area (Å²) in [5.74, 6) is -0.0697. The molecule has 0 atom stereocenters. The number of aromatic amines is 2. The Hall–Kier alpha value is -4.69. The van der Waals surface area contributed by atoms with E-state index in [1.54, 1.807) is 19.1 Å². The van der Waals surface area contributed by atoms with Crippen LogP contribution in [0.2, 0.25) is 0 Å². The molecule has 12 nitrogen and oxygen atoms in total. The molecule has 6 aromatic rings. The van der Waals surface area contributed by atoms with Crippen LogP contribution in [0.1, 0.15) is 83.4 Å². The summed E-state index contributed by atoms with van der Waals surface area (Å²) in [4.78, 5) is 48.3. The molecule has 0 radical (unpaired) electrons. The second kappa shape index (κ2) is 16.0. The molecule has 0 spiro atoms. The number of para-hydroxylation sites is 2. The van der Waals surface area contributed by atoms with E-state index in [9.17, 15) is 14.0 Å². The van der Waals surface area contributed by atoms with Crippen LogP contribution in [-0.2, 0) is 12.8 Å². The van der Waals surface area contributed by atoms with Gasteiger partial charge in [0.15, 0.2) is 0 Å². The molecule has 5 N–H and O–H groups in total. The zero-order valence-electron chi connectivity index (χ0n) is 31.7. The van der Waals surface area contributed by atoms with Gasteiger partial charge in [-0.15, -0.1) is 0 Å². The summed E-state index contributed by atoms with van der Waals surface area (Å²) in [6.07, 6.45) is 8.59. The van der Waals surface area contributed by atoms with Gasteiger partial charge in [-0.05, 0) is 76.6 Å². The summed E-state index contributed by atoms with van der Waals surface area (Å²) in [6.45, 7) is 4.81. The van der Waals surface area contributed by atoms with Gasteiger partial charge in [-0.2, -0.15) is 4.39 Å². The molecular weight excluding hydrogens is 698 g/mol. The number of rotatable bonds is 4. The van der Waals surface area contributed by atoms with Gasteiger partial charge in [-0.3, -0.25) is 9.59 Å². The van der Waals surface area contributed by atoms with E-state index in [-0.39, 0.29) is 60.7 Å². The number of nitrogens with zero attached hydrogens (tertiary/aromatic N) is 4. The number of aromatic nitrogens is 6. The number of aliphatic hydroxyl groups excluding tert-OH is 1. The summed E-state index contributed by atoms with van der Waals surface area (Å²) in [7, 11) is 0. The normalized spacial score (nSPS) is 16.2. The molecule has 0 bridgehead atoms. The molecule has 2 amide bonds. The predicted octanol–water partition coefficient (Wildman–Crippen LogP) is 3.16. The third-order valence-electron chi connectivity index (χ3n) is 10.2. The van der Waals surface area contributed by atoms with Crippen LogP contribution >= 0.6 is 0 Å². The number of aryl methyl sites for hydroxylation is 2. The SMILES string of the molecule is Cc1nc2cccc(-c3cc4c([nH]3)CCNC4=O)c2nc1F.Cc1nc2cccc(-c3cc4c([nH]3)CCNC4=O)c2nc1OC1CCC1.OC1CCC1.[H-].[Na+]. The van der Waals surface area contributed by atoms with Crippen molar-refractivity contribution in [2.45, 2.75) is 77.4 Å². The van der Waals surface area contributed by atoms with Gasteiger partial charge in [-0.25, -0.2) is 19.9 Å². The molecule has 2 saturated carbocycles. The maximum absolute atomic E-state index is 13.8. The number of fused-ring (bicyclic) bond motifs is 4. The van der Waals surface area contributed by atoms with Gasteiger partial charge < -0.3 is 31.9 Å². The molecular formula is C40H42FN8NaO4. The van der Waals surface area contributed by atoms with E-state index < -0.39 is 5.95 Å². The third kappa shape index (κ3) is 7.63. The number of amides is 2. The van der Waals surface area contributed by atoms with Crippen LogP contribution in [0.3, 0.4) is 0 Å². The number of benzene rings is 2. The van der Waals surface area contributed by atoms with Crippen molar-refractivity contribution in [2.24, 2.45) is 0 Å². The van der Waals surface area contributed by atoms with Gasteiger partial charge in [-0.1, -0.05) is 24.3 Å². The molecule has 2 aromatic carbocycles. The van der Waals surface area contributed by atoms with E-state index in [4.69, 9.17) is 14.8 Å². The summed E-state index contributed by atoms with van der Waals surface area (Å²) >= 11 is 0. The number of halogens is 1. The van der Waals surface area contributed by atoms with Gasteiger partial charge >= 0.3 is 29.6 Å². The summed E-state index contributed by atoms with van der Waals surface area (Å²) in [5.41, 5.74) is 10.4.